The summed E-state index contributed by atoms with van der Waals surface area (Å²) in [4.78, 5) is 4.05. The van der Waals surface area contributed by atoms with E-state index >= 15 is 0 Å². The fourth-order valence-electron chi connectivity index (χ4n) is 1.89. The average Bonchev–Trinajstić information content (AvgIpc) is 2.22. The second-order valence-electron chi connectivity index (χ2n) is 4.21. The SMILES string of the molecule is C=CCNC(N)=NCC1CCCC(F)(F)C1. The molecule has 0 aliphatic heterocycles. The van der Waals surface area contributed by atoms with Crippen LogP contribution in [0.2, 0.25) is 0 Å². The van der Waals surface area contributed by atoms with Gasteiger partial charge in [-0.1, -0.05) is 6.08 Å². The van der Waals surface area contributed by atoms with Crippen LogP contribution in [0.4, 0.5) is 8.78 Å². The van der Waals surface area contributed by atoms with Gasteiger partial charge in [0.2, 0.25) is 5.92 Å². The second-order valence-corrected chi connectivity index (χ2v) is 4.21. The van der Waals surface area contributed by atoms with Crippen LogP contribution in [-0.4, -0.2) is 25.0 Å². The summed E-state index contributed by atoms with van der Waals surface area (Å²) in [5.74, 6) is -2.26. The Hall–Kier alpha value is -1.13. The summed E-state index contributed by atoms with van der Waals surface area (Å²) in [5.41, 5.74) is 5.55. The summed E-state index contributed by atoms with van der Waals surface area (Å²) in [6.45, 7) is 4.45. The molecular formula is C11H19F2N3. The summed E-state index contributed by atoms with van der Waals surface area (Å²) in [7, 11) is 0. The Balaban J connectivity index is 2.33. The highest BCUT2D eigenvalue weighted by atomic mass is 19.3. The molecule has 0 aromatic carbocycles. The molecule has 1 unspecified atom stereocenters. The van der Waals surface area contributed by atoms with Gasteiger partial charge in [0.1, 0.15) is 0 Å². The van der Waals surface area contributed by atoms with Crippen LogP contribution in [-0.2, 0) is 0 Å². The molecule has 1 atom stereocenters. The molecule has 5 heteroatoms. The van der Waals surface area contributed by atoms with Crippen molar-refractivity contribution < 1.29 is 8.78 Å². The molecule has 1 saturated carbocycles. The Bertz CT molecular complexity index is 264. The van der Waals surface area contributed by atoms with Crippen molar-refractivity contribution in [2.45, 2.75) is 31.6 Å². The van der Waals surface area contributed by atoms with Gasteiger partial charge in [0.05, 0.1) is 0 Å². The van der Waals surface area contributed by atoms with E-state index in [0.29, 0.717) is 25.5 Å². The van der Waals surface area contributed by atoms with Gasteiger partial charge in [0.15, 0.2) is 5.96 Å². The van der Waals surface area contributed by atoms with Gasteiger partial charge in [0.25, 0.3) is 0 Å². The van der Waals surface area contributed by atoms with Crippen LogP contribution in [0.5, 0.6) is 0 Å². The number of hydrogen-bond donors (Lipinski definition) is 2. The van der Waals surface area contributed by atoms with Crippen LogP contribution in [0, 0.1) is 5.92 Å². The van der Waals surface area contributed by atoms with Gasteiger partial charge in [-0.3, -0.25) is 4.99 Å². The number of nitrogens with one attached hydrogen (secondary N) is 1. The van der Waals surface area contributed by atoms with Gasteiger partial charge in [-0.2, -0.15) is 0 Å². The molecule has 0 saturated heterocycles. The summed E-state index contributed by atoms with van der Waals surface area (Å²) >= 11 is 0. The first kappa shape index (κ1) is 12.9. The van der Waals surface area contributed by atoms with Gasteiger partial charge in [-0.25, -0.2) is 8.78 Å². The number of halogens is 2. The molecule has 1 aliphatic carbocycles. The number of hydrogen-bond acceptors (Lipinski definition) is 1. The second kappa shape index (κ2) is 5.82. The lowest BCUT2D eigenvalue weighted by molar-refractivity contribution is -0.0507. The maximum atomic E-state index is 13.1. The normalized spacial score (nSPS) is 25.1. The predicted molar refractivity (Wildman–Crippen MR) is 61.6 cm³/mol. The molecule has 16 heavy (non-hydrogen) atoms. The van der Waals surface area contributed by atoms with Crippen LogP contribution in [0.1, 0.15) is 25.7 Å². The van der Waals surface area contributed by atoms with Crippen LogP contribution in [0.25, 0.3) is 0 Å². The molecular weight excluding hydrogens is 212 g/mol. The Labute approximate surface area is 94.8 Å². The Morgan fingerprint density at radius 1 is 1.62 bits per heavy atom. The Morgan fingerprint density at radius 2 is 2.38 bits per heavy atom. The minimum absolute atomic E-state index is 0.0113. The molecule has 3 N–H and O–H groups in total. The van der Waals surface area contributed by atoms with Crippen molar-refractivity contribution in [1.29, 1.82) is 0 Å². The van der Waals surface area contributed by atoms with Gasteiger partial charge in [0, 0.05) is 25.9 Å². The van der Waals surface area contributed by atoms with Crippen molar-refractivity contribution in [2.24, 2.45) is 16.6 Å². The van der Waals surface area contributed by atoms with E-state index in [1.807, 2.05) is 0 Å². The monoisotopic (exact) mass is 231 g/mol. The van der Waals surface area contributed by atoms with Gasteiger partial charge in [-0.15, -0.1) is 6.58 Å². The largest absolute Gasteiger partial charge is 0.370 e. The Kier molecular flexibility index (Phi) is 4.71. The van der Waals surface area contributed by atoms with E-state index in [1.165, 1.54) is 0 Å². The third kappa shape index (κ3) is 4.59. The summed E-state index contributed by atoms with van der Waals surface area (Å²) in [5, 5.41) is 2.81. The molecule has 0 radical (unpaired) electrons. The molecule has 92 valence electrons. The summed E-state index contributed by atoms with van der Waals surface area (Å²) < 4.78 is 26.1. The molecule has 1 fully saturated rings. The molecule has 0 aromatic heterocycles. The molecule has 3 nitrogen and oxygen atoms in total. The highest BCUT2D eigenvalue weighted by molar-refractivity contribution is 5.77. The first-order chi connectivity index (χ1) is 7.53. The topological polar surface area (TPSA) is 50.4 Å². The molecule has 0 spiro atoms. The van der Waals surface area contributed by atoms with E-state index in [1.54, 1.807) is 6.08 Å². The van der Waals surface area contributed by atoms with Crippen molar-refractivity contribution in [3.05, 3.63) is 12.7 Å². The van der Waals surface area contributed by atoms with Gasteiger partial charge >= 0.3 is 0 Å². The maximum absolute atomic E-state index is 13.1. The third-order valence-corrected chi connectivity index (χ3v) is 2.69. The zero-order chi connectivity index (χ0) is 12.0. The van der Waals surface area contributed by atoms with Crippen LogP contribution in [0.3, 0.4) is 0 Å². The van der Waals surface area contributed by atoms with Gasteiger partial charge < -0.3 is 11.1 Å². The molecule has 1 aliphatic rings. The number of alkyl halides is 2. The van der Waals surface area contributed by atoms with Crippen molar-refractivity contribution in [1.82, 2.24) is 5.32 Å². The molecule has 0 heterocycles. The molecule has 0 bridgehead atoms. The highest BCUT2D eigenvalue weighted by Gasteiger charge is 2.35. The number of rotatable bonds is 4. The fourth-order valence-corrected chi connectivity index (χ4v) is 1.89. The molecule has 0 aromatic rings. The molecule has 0 amide bonds. The predicted octanol–water partition coefficient (Wildman–Crippen LogP) is 1.90. The van der Waals surface area contributed by atoms with Crippen LogP contribution >= 0.6 is 0 Å². The number of nitrogens with zero attached hydrogens (tertiary/aromatic N) is 1. The zero-order valence-corrected chi connectivity index (χ0v) is 9.38. The lowest BCUT2D eigenvalue weighted by Crippen LogP contribution is -2.33. The first-order valence-electron chi connectivity index (χ1n) is 5.56. The zero-order valence-electron chi connectivity index (χ0n) is 9.38. The van der Waals surface area contributed by atoms with Gasteiger partial charge in [-0.05, 0) is 18.8 Å². The minimum atomic E-state index is -2.51. The van der Waals surface area contributed by atoms with Crippen molar-refractivity contribution in [3.63, 3.8) is 0 Å². The number of nitrogens with two attached hydrogens (primary N) is 1. The quantitative estimate of drug-likeness (QED) is 0.441. The standard InChI is InChI=1S/C11H19F2N3/c1-2-6-15-10(14)16-8-9-4-3-5-11(12,13)7-9/h2,9H,1,3-8H2,(H3,14,15,16). The van der Waals surface area contributed by atoms with E-state index in [9.17, 15) is 8.78 Å². The van der Waals surface area contributed by atoms with E-state index in [4.69, 9.17) is 5.73 Å². The fraction of sp³-hybridized carbons (Fsp3) is 0.727. The number of guanidine groups is 1. The summed E-state index contributed by atoms with van der Waals surface area (Å²) in [6.07, 6.45) is 3.00. The van der Waals surface area contributed by atoms with Crippen molar-refractivity contribution >= 4 is 5.96 Å². The summed E-state index contributed by atoms with van der Waals surface area (Å²) in [6, 6.07) is 0. The number of aliphatic imine (C=N–C) groups is 1. The lowest BCUT2D eigenvalue weighted by Gasteiger charge is -2.27. The van der Waals surface area contributed by atoms with E-state index in [-0.39, 0.29) is 18.8 Å². The Morgan fingerprint density at radius 3 is 3.00 bits per heavy atom. The van der Waals surface area contributed by atoms with E-state index in [0.717, 1.165) is 6.42 Å². The highest BCUT2D eigenvalue weighted by Crippen LogP contribution is 2.36. The average molecular weight is 231 g/mol. The van der Waals surface area contributed by atoms with E-state index in [2.05, 4.69) is 16.9 Å². The minimum Gasteiger partial charge on any atom is -0.370 e. The first-order valence-corrected chi connectivity index (χ1v) is 5.56. The lowest BCUT2D eigenvalue weighted by atomic mass is 9.87. The van der Waals surface area contributed by atoms with E-state index < -0.39 is 5.92 Å². The van der Waals surface area contributed by atoms with Crippen LogP contribution < -0.4 is 11.1 Å². The van der Waals surface area contributed by atoms with Crippen molar-refractivity contribution in [2.75, 3.05) is 13.1 Å². The maximum Gasteiger partial charge on any atom is 0.248 e. The smallest absolute Gasteiger partial charge is 0.248 e. The van der Waals surface area contributed by atoms with Crippen LogP contribution in [0.15, 0.2) is 17.6 Å². The molecule has 1 rings (SSSR count). The third-order valence-electron chi connectivity index (χ3n) is 2.69. The van der Waals surface area contributed by atoms with Crippen molar-refractivity contribution in [3.8, 4) is 0 Å².